The normalized spacial score (nSPS) is 16.3. The van der Waals surface area contributed by atoms with Crippen molar-refractivity contribution in [1.82, 2.24) is 10.1 Å². The van der Waals surface area contributed by atoms with Gasteiger partial charge in [0, 0.05) is 0 Å². The van der Waals surface area contributed by atoms with Crippen LogP contribution in [-0.4, -0.2) is 21.4 Å². The molecule has 0 spiro atoms. The highest BCUT2D eigenvalue weighted by atomic mass is 16.5. The summed E-state index contributed by atoms with van der Waals surface area (Å²) in [4.78, 5) is 3.65. The maximum atomic E-state index is 8.99. The molecule has 11 heavy (non-hydrogen) atoms. The summed E-state index contributed by atoms with van der Waals surface area (Å²) in [6.45, 7) is 1.53. The fourth-order valence-corrected chi connectivity index (χ4v) is 0.589. The van der Waals surface area contributed by atoms with Crippen molar-refractivity contribution in [3.8, 4) is 0 Å². The number of hydrogen-bond donors (Lipinski definition) is 3. The molecule has 0 aliphatic heterocycles. The van der Waals surface area contributed by atoms with Gasteiger partial charge in [0.05, 0.1) is 6.10 Å². The van der Waals surface area contributed by atoms with Crippen molar-refractivity contribution in [3.05, 3.63) is 5.89 Å². The van der Waals surface area contributed by atoms with Gasteiger partial charge in [-0.15, -0.1) is 0 Å². The third-order valence-corrected chi connectivity index (χ3v) is 1.26. The van der Waals surface area contributed by atoms with Crippen molar-refractivity contribution in [3.63, 3.8) is 0 Å². The lowest BCUT2D eigenvalue weighted by molar-refractivity contribution is 0.146. The minimum Gasteiger partial charge on any atom is -0.391 e. The summed E-state index contributed by atoms with van der Waals surface area (Å²) in [5, 5.41) is 12.3. The lowest BCUT2D eigenvalue weighted by atomic mass is 10.2. The number of nitrogen functional groups attached to an aromatic ring is 1. The van der Waals surface area contributed by atoms with Gasteiger partial charge in [-0.05, 0) is 12.1 Å². The van der Waals surface area contributed by atoms with E-state index in [-0.39, 0.29) is 11.8 Å². The Labute approximate surface area is 63.2 Å². The lowest BCUT2D eigenvalue weighted by Crippen LogP contribution is -2.23. The molecule has 0 fully saturated rings. The highest BCUT2D eigenvalue weighted by Gasteiger charge is 2.18. The molecule has 0 saturated heterocycles. The standard InChI is InChI=1S/C5H10N4O2/c1-2(10)3(6)4-8-5(7)9-11-4/h2-3,10H,6H2,1H3,(H2,7,9)/t2-,3+/m1/s1. The van der Waals surface area contributed by atoms with Crippen molar-refractivity contribution < 1.29 is 9.63 Å². The van der Waals surface area contributed by atoms with E-state index in [4.69, 9.17) is 16.6 Å². The second-order valence-electron chi connectivity index (χ2n) is 2.26. The van der Waals surface area contributed by atoms with Crippen LogP contribution >= 0.6 is 0 Å². The van der Waals surface area contributed by atoms with Crippen LogP contribution in [0, 0.1) is 0 Å². The van der Waals surface area contributed by atoms with Crippen molar-refractivity contribution >= 4 is 5.95 Å². The van der Waals surface area contributed by atoms with E-state index in [1.165, 1.54) is 6.92 Å². The molecule has 1 heterocycles. The highest BCUT2D eigenvalue weighted by molar-refractivity contribution is 5.11. The predicted octanol–water partition coefficient (Wildman–Crippen LogP) is -0.968. The Hall–Kier alpha value is -1.14. The van der Waals surface area contributed by atoms with Gasteiger partial charge in [-0.1, -0.05) is 0 Å². The number of aliphatic hydroxyl groups is 1. The van der Waals surface area contributed by atoms with Crippen LogP contribution in [0.4, 0.5) is 5.95 Å². The smallest absolute Gasteiger partial charge is 0.260 e. The molecule has 0 bridgehead atoms. The monoisotopic (exact) mass is 158 g/mol. The first-order chi connectivity index (χ1) is 5.11. The van der Waals surface area contributed by atoms with Gasteiger partial charge in [-0.25, -0.2) is 0 Å². The number of aliphatic hydroxyl groups excluding tert-OH is 1. The zero-order chi connectivity index (χ0) is 8.43. The quantitative estimate of drug-likeness (QED) is 0.510. The first kappa shape index (κ1) is 7.96. The van der Waals surface area contributed by atoms with E-state index in [0.717, 1.165) is 0 Å². The van der Waals surface area contributed by atoms with E-state index in [1.54, 1.807) is 0 Å². The highest BCUT2D eigenvalue weighted by Crippen LogP contribution is 2.11. The second kappa shape index (κ2) is 2.85. The molecule has 1 aromatic heterocycles. The summed E-state index contributed by atoms with van der Waals surface area (Å²) < 4.78 is 4.62. The predicted molar refractivity (Wildman–Crippen MR) is 37.3 cm³/mol. The molecule has 0 aliphatic carbocycles. The molecule has 0 saturated carbocycles. The summed E-state index contributed by atoms with van der Waals surface area (Å²) in [5.41, 5.74) is 10.6. The Bertz CT molecular complexity index is 234. The van der Waals surface area contributed by atoms with Crippen molar-refractivity contribution in [2.24, 2.45) is 5.73 Å². The largest absolute Gasteiger partial charge is 0.391 e. The van der Waals surface area contributed by atoms with Crippen LogP contribution in [0.3, 0.4) is 0 Å². The number of anilines is 1. The molecule has 5 N–H and O–H groups in total. The number of nitrogens with two attached hydrogens (primary N) is 2. The number of nitrogens with zero attached hydrogens (tertiary/aromatic N) is 2. The zero-order valence-corrected chi connectivity index (χ0v) is 6.06. The molecule has 0 unspecified atom stereocenters. The van der Waals surface area contributed by atoms with Crippen LogP contribution in [0.2, 0.25) is 0 Å². The molecular weight excluding hydrogens is 148 g/mol. The van der Waals surface area contributed by atoms with Gasteiger partial charge < -0.3 is 21.1 Å². The number of rotatable bonds is 2. The molecule has 0 aromatic carbocycles. The van der Waals surface area contributed by atoms with Gasteiger partial charge in [-0.2, -0.15) is 4.98 Å². The van der Waals surface area contributed by atoms with Crippen molar-refractivity contribution in [2.75, 3.05) is 5.73 Å². The summed E-state index contributed by atoms with van der Waals surface area (Å²) in [6, 6.07) is -0.667. The summed E-state index contributed by atoms with van der Waals surface area (Å²) in [7, 11) is 0. The third kappa shape index (κ3) is 1.66. The molecule has 2 atom stereocenters. The Kier molecular flexibility index (Phi) is 2.06. The van der Waals surface area contributed by atoms with E-state index >= 15 is 0 Å². The van der Waals surface area contributed by atoms with E-state index in [0.29, 0.717) is 0 Å². The van der Waals surface area contributed by atoms with Crippen molar-refractivity contribution in [2.45, 2.75) is 19.1 Å². The molecule has 0 amide bonds. The lowest BCUT2D eigenvalue weighted by Gasteiger charge is -2.07. The fourth-order valence-electron chi connectivity index (χ4n) is 0.589. The number of aromatic nitrogens is 2. The molecule has 6 nitrogen and oxygen atoms in total. The van der Waals surface area contributed by atoms with Crippen LogP contribution < -0.4 is 11.5 Å². The van der Waals surface area contributed by atoms with E-state index in [1.807, 2.05) is 0 Å². The van der Waals surface area contributed by atoms with E-state index in [9.17, 15) is 0 Å². The van der Waals surface area contributed by atoms with Gasteiger partial charge in [0.1, 0.15) is 6.04 Å². The van der Waals surface area contributed by atoms with Gasteiger partial charge in [0.2, 0.25) is 5.89 Å². The van der Waals surface area contributed by atoms with Gasteiger partial charge in [-0.3, -0.25) is 0 Å². The molecular formula is C5H10N4O2. The molecule has 62 valence electrons. The zero-order valence-electron chi connectivity index (χ0n) is 6.06. The molecule has 0 radical (unpaired) electrons. The SMILES string of the molecule is C[C@@H](O)[C@H](N)c1nc(N)no1. The fraction of sp³-hybridized carbons (Fsp3) is 0.600. The maximum Gasteiger partial charge on any atom is 0.260 e. The Morgan fingerprint density at radius 3 is 2.64 bits per heavy atom. The molecule has 6 heteroatoms. The minimum absolute atomic E-state index is 0.0242. The topological polar surface area (TPSA) is 111 Å². The summed E-state index contributed by atoms with van der Waals surface area (Å²) in [6.07, 6.45) is -0.727. The van der Waals surface area contributed by atoms with Crippen molar-refractivity contribution in [1.29, 1.82) is 0 Å². The average molecular weight is 158 g/mol. The Balaban J connectivity index is 2.76. The third-order valence-electron chi connectivity index (χ3n) is 1.26. The van der Waals surface area contributed by atoms with E-state index in [2.05, 4.69) is 14.7 Å². The van der Waals surface area contributed by atoms with E-state index < -0.39 is 12.1 Å². The van der Waals surface area contributed by atoms with Gasteiger partial charge in [0.15, 0.2) is 0 Å². The first-order valence-electron chi connectivity index (χ1n) is 3.14. The molecule has 0 aliphatic rings. The Morgan fingerprint density at radius 2 is 2.27 bits per heavy atom. The van der Waals surface area contributed by atoms with Crippen LogP contribution in [0.25, 0.3) is 0 Å². The summed E-state index contributed by atoms with van der Waals surface area (Å²) >= 11 is 0. The molecule has 1 aromatic rings. The van der Waals surface area contributed by atoms with Crippen LogP contribution in [0.1, 0.15) is 18.9 Å². The van der Waals surface area contributed by atoms with Crippen LogP contribution in [0.15, 0.2) is 4.52 Å². The van der Waals surface area contributed by atoms with Crippen LogP contribution in [0.5, 0.6) is 0 Å². The molecule has 1 rings (SSSR count). The summed E-state index contributed by atoms with van der Waals surface area (Å²) in [5.74, 6) is 0.175. The number of hydrogen-bond acceptors (Lipinski definition) is 6. The van der Waals surface area contributed by atoms with Gasteiger partial charge in [0.25, 0.3) is 5.95 Å². The Morgan fingerprint density at radius 1 is 1.64 bits per heavy atom. The van der Waals surface area contributed by atoms with Gasteiger partial charge >= 0.3 is 0 Å². The average Bonchev–Trinajstić information content (AvgIpc) is 2.34. The first-order valence-corrected chi connectivity index (χ1v) is 3.14. The van der Waals surface area contributed by atoms with Crippen LogP contribution in [-0.2, 0) is 0 Å². The maximum absolute atomic E-state index is 8.99. The minimum atomic E-state index is -0.727. The second-order valence-corrected chi connectivity index (χ2v) is 2.26.